The molecule has 100 valence electrons. The van der Waals surface area contributed by atoms with E-state index in [9.17, 15) is 9.59 Å². The summed E-state index contributed by atoms with van der Waals surface area (Å²) in [4.78, 5) is 30.1. The van der Waals surface area contributed by atoms with Gasteiger partial charge in [0.25, 0.3) is 0 Å². The Hall–Kier alpha value is -2.40. The number of hydrogen-bond donors (Lipinski definition) is 1. The van der Waals surface area contributed by atoms with Gasteiger partial charge in [-0.3, -0.25) is 14.8 Å². The molecule has 0 aliphatic carbocycles. The highest BCUT2D eigenvalue weighted by molar-refractivity contribution is 6.31. The Labute approximate surface area is 118 Å². The summed E-state index contributed by atoms with van der Waals surface area (Å²) in [5.41, 5.74) is 2.33. The Kier molecular flexibility index (Phi) is 2.91. The van der Waals surface area contributed by atoms with Gasteiger partial charge in [-0.05, 0) is 36.8 Å². The third kappa shape index (κ3) is 2.12. The molecule has 0 fully saturated rings. The molecular formula is C14H9ClN2O3. The number of aryl methyl sites for hydroxylation is 1. The highest BCUT2D eigenvalue weighted by atomic mass is 35.5. The van der Waals surface area contributed by atoms with Crippen molar-refractivity contribution in [3.63, 3.8) is 0 Å². The van der Waals surface area contributed by atoms with Gasteiger partial charge in [0.2, 0.25) is 5.78 Å². The number of benzene rings is 1. The number of ketones is 1. The molecule has 0 spiro atoms. The van der Waals surface area contributed by atoms with Gasteiger partial charge in [-0.1, -0.05) is 11.6 Å². The Bertz CT molecular complexity index is 880. The summed E-state index contributed by atoms with van der Waals surface area (Å²) >= 11 is 5.85. The normalized spacial score (nSPS) is 10.9. The minimum Gasteiger partial charge on any atom is -0.408 e. The summed E-state index contributed by atoms with van der Waals surface area (Å²) in [6.45, 7) is 1.79. The van der Waals surface area contributed by atoms with Gasteiger partial charge < -0.3 is 4.42 Å². The van der Waals surface area contributed by atoms with E-state index in [4.69, 9.17) is 16.0 Å². The number of carbonyl (C=O) groups excluding carboxylic acids is 1. The van der Waals surface area contributed by atoms with Crippen molar-refractivity contribution in [1.29, 1.82) is 0 Å². The SMILES string of the molecule is Cc1cc(C(=O)c2cc(Cl)ccn2)cc2oc(=O)[nH]c12. The summed E-state index contributed by atoms with van der Waals surface area (Å²) in [7, 11) is 0. The average Bonchev–Trinajstić information content (AvgIpc) is 2.79. The summed E-state index contributed by atoms with van der Waals surface area (Å²) in [6.07, 6.45) is 1.47. The molecule has 1 N–H and O–H groups in total. The Morgan fingerprint density at radius 2 is 2.15 bits per heavy atom. The molecular weight excluding hydrogens is 280 g/mol. The maximum absolute atomic E-state index is 12.4. The smallest absolute Gasteiger partial charge is 0.408 e. The predicted molar refractivity (Wildman–Crippen MR) is 74.3 cm³/mol. The van der Waals surface area contributed by atoms with E-state index >= 15 is 0 Å². The van der Waals surface area contributed by atoms with Crippen molar-refractivity contribution < 1.29 is 9.21 Å². The van der Waals surface area contributed by atoms with Crippen LogP contribution < -0.4 is 5.76 Å². The molecule has 1 aromatic carbocycles. The topological polar surface area (TPSA) is 76.0 Å². The molecule has 2 heterocycles. The van der Waals surface area contributed by atoms with Crippen LogP contribution >= 0.6 is 11.6 Å². The molecule has 0 aliphatic rings. The molecule has 0 saturated carbocycles. The van der Waals surface area contributed by atoms with Crippen molar-refractivity contribution in [1.82, 2.24) is 9.97 Å². The van der Waals surface area contributed by atoms with E-state index in [0.29, 0.717) is 21.7 Å². The number of aromatic nitrogens is 2. The van der Waals surface area contributed by atoms with Gasteiger partial charge in [0.1, 0.15) is 5.69 Å². The van der Waals surface area contributed by atoms with Crippen LogP contribution in [0.4, 0.5) is 0 Å². The summed E-state index contributed by atoms with van der Waals surface area (Å²) < 4.78 is 4.99. The van der Waals surface area contributed by atoms with Crippen molar-refractivity contribution in [2.24, 2.45) is 0 Å². The number of carbonyl (C=O) groups is 1. The lowest BCUT2D eigenvalue weighted by Crippen LogP contribution is -2.04. The fraction of sp³-hybridized carbons (Fsp3) is 0.0714. The second-order valence-corrected chi connectivity index (χ2v) is 4.81. The summed E-state index contributed by atoms with van der Waals surface area (Å²) in [5, 5.41) is 0.439. The first-order chi connectivity index (χ1) is 9.54. The van der Waals surface area contributed by atoms with E-state index in [1.165, 1.54) is 18.3 Å². The summed E-state index contributed by atoms with van der Waals surface area (Å²) in [6, 6.07) is 6.29. The molecule has 0 radical (unpaired) electrons. The monoisotopic (exact) mass is 288 g/mol. The van der Waals surface area contributed by atoms with Gasteiger partial charge in [-0.25, -0.2) is 4.79 Å². The fourth-order valence-electron chi connectivity index (χ4n) is 2.03. The zero-order valence-corrected chi connectivity index (χ0v) is 11.2. The Morgan fingerprint density at radius 1 is 1.35 bits per heavy atom. The Balaban J connectivity index is 2.14. The number of hydrogen-bond acceptors (Lipinski definition) is 4. The zero-order chi connectivity index (χ0) is 14.3. The van der Waals surface area contributed by atoms with Crippen molar-refractivity contribution in [2.45, 2.75) is 6.92 Å². The van der Waals surface area contributed by atoms with Crippen molar-refractivity contribution >= 4 is 28.5 Å². The number of fused-ring (bicyclic) bond motifs is 1. The quantitative estimate of drug-likeness (QED) is 0.736. The van der Waals surface area contributed by atoms with E-state index in [0.717, 1.165) is 5.56 Å². The number of H-pyrrole nitrogens is 1. The van der Waals surface area contributed by atoms with E-state index in [-0.39, 0.29) is 11.5 Å². The first-order valence-electron chi connectivity index (χ1n) is 5.84. The van der Waals surface area contributed by atoms with Crippen LogP contribution in [0.2, 0.25) is 5.02 Å². The fourth-order valence-corrected chi connectivity index (χ4v) is 2.19. The van der Waals surface area contributed by atoms with E-state index < -0.39 is 5.76 Å². The van der Waals surface area contributed by atoms with Gasteiger partial charge in [-0.2, -0.15) is 0 Å². The second-order valence-electron chi connectivity index (χ2n) is 4.37. The number of rotatable bonds is 2. The van der Waals surface area contributed by atoms with E-state index in [1.807, 2.05) is 0 Å². The number of pyridine rings is 1. The van der Waals surface area contributed by atoms with Crippen molar-refractivity contribution in [2.75, 3.05) is 0 Å². The third-order valence-corrected chi connectivity index (χ3v) is 3.18. The van der Waals surface area contributed by atoms with Gasteiger partial charge in [0.05, 0.1) is 5.52 Å². The Morgan fingerprint density at radius 3 is 2.90 bits per heavy atom. The lowest BCUT2D eigenvalue weighted by molar-refractivity contribution is 0.103. The number of nitrogens with one attached hydrogen (secondary N) is 1. The van der Waals surface area contributed by atoms with Crippen LogP contribution in [-0.4, -0.2) is 15.8 Å². The van der Waals surface area contributed by atoms with Crippen LogP contribution in [-0.2, 0) is 0 Å². The highest BCUT2D eigenvalue weighted by Gasteiger charge is 2.15. The summed E-state index contributed by atoms with van der Waals surface area (Å²) in [5.74, 6) is -0.824. The highest BCUT2D eigenvalue weighted by Crippen LogP contribution is 2.20. The van der Waals surface area contributed by atoms with Gasteiger partial charge in [0.15, 0.2) is 5.58 Å². The molecule has 2 aromatic heterocycles. The maximum Gasteiger partial charge on any atom is 0.417 e. The molecule has 3 aromatic rings. The maximum atomic E-state index is 12.4. The van der Waals surface area contributed by atoms with Crippen molar-refractivity contribution in [3.8, 4) is 0 Å². The minimum absolute atomic E-state index is 0.245. The first kappa shape index (κ1) is 12.6. The molecule has 0 amide bonds. The third-order valence-electron chi connectivity index (χ3n) is 2.95. The van der Waals surface area contributed by atoms with Gasteiger partial charge in [0, 0.05) is 16.8 Å². The molecule has 20 heavy (non-hydrogen) atoms. The van der Waals surface area contributed by atoms with Gasteiger partial charge >= 0.3 is 5.76 Å². The largest absolute Gasteiger partial charge is 0.417 e. The standard InChI is InChI=1S/C14H9ClN2O3/c1-7-4-8(5-11-12(7)17-14(19)20-11)13(18)10-6-9(15)2-3-16-10/h2-6H,1H3,(H,17,19). The van der Waals surface area contributed by atoms with Crippen LogP contribution in [0.5, 0.6) is 0 Å². The number of aromatic amines is 1. The van der Waals surface area contributed by atoms with E-state index in [1.54, 1.807) is 19.1 Å². The predicted octanol–water partition coefficient (Wildman–Crippen LogP) is 2.71. The molecule has 0 atom stereocenters. The average molecular weight is 289 g/mol. The van der Waals surface area contributed by atoms with Crippen LogP contribution in [0, 0.1) is 6.92 Å². The van der Waals surface area contributed by atoms with E-state index in [2.05, 4.69) is 9.97 Å². The molecule has 5 nitrogen and oxygen atoms in total. The van der Waals surface area contributed by atoms with Gasteiger partial charge in [-0.15, -0.1) is 0 Å². The molecule has 0 aliphatic heterocycles. The number of halogens is 1. The van der Waals surface area contributed by atoms with Crippen LogP contribution in [0.15, 0.2) is 39.7 Å². The lowest BCUT2D eigenvalue weighted by Gasteiger charge is -2.02. The van der Waals surface area contributed by atoms with Crippen LogP contribution in [0.25, 0.3) is 11.1 Å². The number of nitrogens with zero attached hydrogens (tertiary/aromatic N) is 1. The first-order valence-corrected chi connectivity index (χ1v) is 6.22. The molecule has 6 heteroatoms. The molecule has 0 saturated heterocycles. The van der Waals surface area contributed by atoms with Crippen molar-refractivity contribution in [3.05, 3.63) is 62.9 Å². The minimum atomic E-state index is -0.548. The molecule has 3 rings (SSSR count). The molecule has 0 unspecified atom stereocenters. The van der Waals surface area contributed by atoms with Crippen LogP contribution in [0.3, 0.4) is 0 Å². The second kappa shape index (κ2) is 4.61. The lowest BCUT2D eigenvalue weighted by atomic mass is 10.0. The number of oxazole rings is 1. The van der Waals surface area contributed by atoms with Crippen LogP contribution in [0.1, 0.15) is 21.6 Å². The molecule has 0 bridgehead atoms. The zero-order valence-electron chi connectivity index (χ0n) is 10.4.